The predicted octanol–water partition coefficient (Wildman–Crippen LogP) is 4.74. The van der Waals surface area contributed by atoms with E-state index in [1.54, 1.807) is 11.8 Å². The molecule has 1 heterocycles. The molecule has 0 spiro atoms. The molecule has 0 aliphatic heterocycles. The van der Waals surface area contributed by atoms with Crippen LogP contribution in [-0.2, 0) is 12.8 Å². The zero-order chi connectivity index (χ0) is 15.5. The molecule has 0 saturated heterocycles. The van der Waals surface area contributed by atoms with Crippen molar-refractivity contribution in [2.75, 3.05) is 0 Å². The molecule has 3 rings (SSSR count). The summed E-state index contributed by atoms with van der Waals surface area (Å²) in [4.78, 5) is 0. The van der Waals surface area contributed by atoms with Gasteiger partial charge in [0.25, 0.3) is 0 Å². The van der Waals surface area contributed by atoms with E-state index in [1.807, 2.05) is 35.9 Å². The van der Waals surface area contributed by atoms with Gasteiger partial charge in [-0.3, -0.25) is 0 Å². The quantitative estimate of drug-likeness (QED) is 0.648. The number of nitrogens with zero attached hydrogens (tertiary/aromatic N) is 3. The van der Waals surface area contributed by atoms with E-state index >= 15 is 0 Å². The lowest BCUT2D eigenvalue weighted by molar-refractivity contribution is 0.793. The number of thioether (sulfide) groups is 1. The first-order valence-electron chi connectivity index (χ1n) is 6.98. The van der Waals surface area contributed by atoms with Crippen molar-refractivity contribution in [3.05, 3.63) is 64.7 Å². The van der Waals surface area contributed by atoms with Crippen LogP contribution in [0.1, 0.15) is 11.1 Å². The summed E-state index contributed by atoms with van der Waals surface area (Å²) < 4.78 is 2.02. The van der Waals surface area contributed by atoms with Crippen molar-refractivity contribution in [2.24, 2.45) is 7.05 Å². The van der Waals surface area contributed by atoms with Crippen LogP contribution in [0.5, 0.6) is 0 Å². The molecule has 5 heteroatoms. The van der Waals surface area contributed by atoms with Crippen LogP contribution in [0, 0.1) is 6.92 Å². The largest absolute Gasteiger partial charge is 0.305 e. The van der Waals surface area contributed by atoms with Gasteiger partial charge >= 0.3 is 0 Å². The molecule has 0 amide bonds. The van der Waals surface area contributed by atoms with E-state index in [4.69, 9.17) is 11.6 Å². The molecule has 0 N–H and O–H groups in total. The van der Waals surface area contributed by atoms with Crippen LogP contribution < -0.4 is 0 Å². The predicted molar refractivity (Wildman–Crippen MR) is 92.2 cm³/mol. The van der Waals surface area contributed by atoms with E-state index in [0.29, 0.717) is 0 Å². The Morgan fingerprint density at radius 3 is 2.50 bits per heavy atom. The molecule has 0 bridgehead atoms. The fourth-order valence-corrected chi connectivity index (χ4v) is 3.32. The first kappa shape index (κ1) is 15.1. The van der Waals surface area contributed by atoms with Crippen molar-refractivity contribution in [3.63, 3.8) is 0 Å². The Balaban J connectivity index is 1.79. The average Bonchev–Trinajstić information content (AvgIpc) is 2.88. The summed E-state index contributed by atoms with van der Waals surface area (Å²) in [7, 11) is 1.99. The summed E-state index contributed by atoms with van der Waals surface area (Å²) in [5.41, 5.74) is 3.64. The number of hydrogen-bond donors (Lipinski definition) is 0. The fraction of sp³-hybridized carbons (Fsp3) is 0.176. The van der Waals surface area contributed by atoms with Crippen LogP contribution in [0.25, 0.3) is 11.4 Å². The van der Waals surface area contributed by atoms with Gasteiger partial charge in [-0.25, -0.2) is 0 Å². The van der Waals surface area contributed by atoms with E-state index < -0.39 is 0 Å². The zero-order valence-corrected chi connectivity index (χ0v) is 14.0. The van der Waals surface area contributed by atoms with Crippen LogP contribution in [0.3, 0.4) is 0 Å². The van der Waals surface area contributed by atoms with Crippen molar-refractivity contribution in [1.29, 1.82) is 0 Å². The molecule has 0 aliphatic rings. The van der Waals surface area contributed by atoms with Crippen LogP contribution in [0.2, 0.25) is 5.02 Å². The highest BCUT2D eigenvalue weighted by atomic mass is 35.5. The van der Waals surface area contributed by atoms with Crippen LogP contribution >= 0.6 is 23.4 Å². The second kappa shape index (κ2) is 6.55. The summed E-state index contributed by atoms with van der Waals surface area (Å²) in [6.45, 7) is 2.13. The minimum Gasteiger partial charge on any atom is -0.305 e. The highest BCUT2D eigenvalue weighted by molar-refractivity contribution is 7.98. The maximum Gasteiger partial charge on any atom is 0.191 e. The number of benzene rings is 2. The van der Waals surface area contributed by atoms with E-state index in [9.17, 15) is 0 Å². The molecule has 22 heavy (non-hydrogen) atoms. The molecule has 3 nitrogen and oxygen atoms in total. The normalized spacial score (nSPS) is 10.9. The zero-order valence-electron chi connectivity index (χ0n) is 12.5. The topological polar surface area (TPSA) is 30.7 Å². The summed E-state index contributed by atoms with van der Waals surface area (Å²) in [5.74, 6) is 1.74. The second-order valence-electron chi connectivity index (χ2n) is 5.09. The van der Waals surface area contributed by atoms with Gasteiger partial charge < -0.3 is 4.57 Å². The van der Waals surface area contributed by atoms with E-state index in [1.165, 1.54) is 11.1 Å². The van der Waals surface area contributed by atoms with E-state index in [2.05, 4.69) is 41.4 Å². The maximum absolute atomic E-state index is 5.93. The van der Waals surface area contributed by atoms with Gasteiger partial charge in [0.2, 0.25) is 0 Å². The first-order valence-corrected chi connectivity index (χ1v) is 8.34. The summed E-state index contributed by atoms with van der Waals surface area (Å²) in [6, 6.07) is 16.1. The Kier molecular flexibility index (Phi) is 4.50. The van der Waals surface area contributed by atoms with Crippen LogP contribution in [0.4, 0.5) is 0 Å². The molecule has 112 valence electrons. The van der Waals surface area contributed by atoms with Gasteiger partial charge in [0.05, 0.1) is 0 Å². The molecule has 0 aliphatic carbocycles. The maximum atomic E-state index is 5.93. The molecule has 1 aromatic heterocycles. The average molecular weight is 330 g/mol. The number of aromatic nitrogens is 3. The number of aryl methyl sites for hydroxylation is 1. The summed E-state index contributed by atoms with van der Waals surface area (Å²) in [6.07, 6.45) is 0. The number of hydrogen-bond acceptors (Lipinski definition) is 3. The lowest BCUT2D eigenvalue weighted by Gasteiger charge is -2.06. The van der Waals surface area contributed by atoms with Gasteiger partial charge in [0, 0.05) is 23.4 Å². The molecule has 3 aromatic rings. The van der Waals surface area contributed by atoms with Gasteiger partial charge in [0.15, 0.2) is 11.0 Å². The van der Waals surface area contributed by atoms with Crippen molar-refractivity contribution < 1.29 is 0 Å². The molecule has 2 aromatic carbocycles. The van der Waals surface area contributed by atoms with Crippen molar-refractivity contribution in [3.8, 4) is 11.4 Å². The van der Waals surface area contributed by atoms with Crippen molar-refractivity contribution in [1.82, 2.24) is 14.8 Å². The van der Waals surface area contributed by atoms with Gasteiger partial charge in [0.1, 0.15) is 0 Å². The fourth-order valence-electron chi connectivity index (χ4n) is 2.21. The standard InChI is InChI=1S/C17H16ClN3S/c1-12-5-3-4-6-14(12)11-22-17-20-19-16(21(17)2)13-7-9-15(18)10-8-13/h3-10H,11H2,1-2H3. The van der Waals surface area contributed by atoms with E-state index in [-0.39, 0.29) is 0 Å². The summed E-state index contributed by atoms with van der Waals surface area (Å²) >= 11 is 7.63. The SMILES string of the molecule is Cc1ccccc1CSc1nnc(-c2ccc(Cl)cc2)n1C. The molecule has 0 atom stereocenters. The Labute approximate surface area is 139 Å². The van der Waals surface area contributed by atoms with Gasteiger partial charge in [-0.2, -0.15) is 0 Å². The molecule has 0 saturated carbocycles. The third-order valence-electron chi connectivity index (χ3n) is 3.56. The Hall–Kier alpha value is -1.78. The summed E-state index contributed by atoms with van der Waals surface area (Å²) in [5, 5.41) is 10.2. The molecule has 0 fully saturated rings. The lowest BCUT2D eigenvalue weighted by atomic mass is 10.1. The first-order chi connectivity index (χ1) is 10.6. The number of rotatable bonds is 4. The highest BCUT2D eigenvalue weighted by Gasteiger charge is 2.11. The smallest absolute Gasteiger partial charge is 0.191 e. The minimum atomic E-state index is 0.722. The number of halogens is 1. The monoisotopic (exact) mass is 329 g/mol. The van der Waals surface area contributed by atoms with Crippen molar-refractivity contribution >= 4 is 23.4 Å². The van der Waals surface area contributed by atoms with Crippen LogP contribution in [0.15, 0.2) is 53.7 Å². The lowest BCUT2D eigenvalue weighted by Crippen LogP contribution is -1.95. The molecular formula is C17H16ClN3S. The Morgan fingerprint density at radius 1 is 1.05 bits per heavy atom. The van der Waals surface area contributed by atoms with E-state index in [0.717, 1.165) is 27.3 Å². The van der Waals surface area contributed by atoms with Gasteiger partial charge in [-0.15, -0.1) is 10.2 Å². The third-order valence-corrected chi connectivity index (χ3v) is 4.88. The third kappa shape index (κ3) is 3.18. The molecule has 0 unspecified atom stereocenters. The van der Waals surface area contributed by atoms with Crippen molar-refractivity contribution in [2.45, 2.75) is 17.8 Å². The second-order valence-corrected chi connectivity index (χ2v) is 6.47. The molecule has 0 radical (unpaired) electrons. The molecular weight excluding hydrogens is 314 g/mol. The van der Waals surface area contributed by atoms with Gasteiger partial charge in [-0.05, 0) is 42.3 Å². The minimum absolute atomic E-state index is 0.722. The Bertz CT molecular complexity index is 781. The highest BCUT2D eigenvalue weighted by Crippen LogP contribution is 2.26. The van der Waals surface area contributed by atoms with Gasteiger partial charge in [-0.1, -0.05) is 47.6 Å². The Morgan fingerprint density at radius 2 is 1.77 bits per heavy atom. The van der Waals surface area contributed by atoms with Crippen LogP contribution in [-0.4, -0.2) is 14.8 Å².